The Labute approximate surface area is 113 Å². The molecule has 0 saturated heterocycles. The number of aromatic nitrogens is 1. The van der Waals surface area contributed by atoms with E-state index in [-0.39, 0.29) is 11.4 Å². The molecule has 0 aromatic carbocycles. The normalized spacial score (nSPS) is 11.9. The van der Waals surface area contributed by atoms with Crippen LogP contribution in [-0.2, 0) is 10.8 Å². The number of anilines is 1. The molecule has 106 valence electrons. The maximum absolute atomic E-state index is 11.5. The van der Waals surface area contributed by atoms with Gasteiger partial charge in [0.25, 0.3) is 0 Å². The van der Waals surface area contributed by atoms with Crippen LogP contribution in [0.4, 0.5) is 10.5 Å². The molecule has 0 spiro atoms. The van der Waals surface area contributed by atoms with E-state index in [1.165, 1.54) is 0 Å². The van der Waals surface area contributed by atoms with Gasteiger partial charge in [0.05, 0.1) is 5.69 Å². The molecule has 2 amide bonds. The number of carbonyl (C=O) groups is 2. The van der Waals surface area contributed by atoms with Crippen LogP contribution < -0.4 is 10.6 Å². The van der Waals surface area contributed by atoms with Gasteiger partial charge >= 0.3 is 12.0 Å². The first-order valence-electron chi connectivity index (χ1n) is 5.68. The lowest BCUT2D eigenvalue weighted by atomic mass is 10.3. The number of hydrogen-bond donors (Lipinski definition) is 4. The van der Waals surface area contributed by atoms with E-state index in [2.05, 4.69) is 15.6 Å². The molecule has 0 fully saturated rings. The van der Waals surface area contributed by atoms with Gasteiger partial charge in [-0.05, 0) is 19.4 Å². The number of carbonyl (C=O) groups excluding carboxylic acids is 1. The van der Waals surface area contributed by atoms with Crippen LogP contribution in [0.5, 0.6) is 0 Å². The maximum Gasteiger partial charge on any atom is 0.354 e. The molecule has 1 atom stereocenters. The summed E-state index contributed by atoms with van der Waals surface area (Å²) < 4.78 is 10.8. The van der Waals surface area contributed by atoms with Crippen molar-refractivity contribution >= 4 is 28.5 Å². The summed E-state index contributed by atoms with van der Waals surface area (Å²) in [7, 11) is -0.879. The average Bonchev–Trinajstić information content (AvgIpc) is 2.65. The smallest absolute Gasteiger partial charge is 0.354 e. The van der Waals surface area contributed by atoms with Crippen molar-refractivity contribution in [1.82, 2.24) is 10.3 Å². The number of H-pyrrole nitrogens is 1. The second kappa shape index (κ2) is 6.93. The fourth-order valence-corrected chi connectivity index (χ4v) is 2.05. The van der Waals surface area contributed by atoms with Crippen molar-refractivity contribution in [3.05, 3.63) is 17.5 Å². The van der Waals surface area contributed by atoms with E-state index in [0.717, 1.165) is 0 Å². The van der Waals surface area contributed by atoms with Crippen LogP contribution in [0, 0.1) is 6.92 Å². The third kappa shape index (κ3) is 5.12. The second-order valence-corrected chi connectivity index (χ2v) is 5.61. The Bertz CT molecular complexity index is 498. The van der Waals surface area contributed by atoms with Crippen LogP contribution in [0.15, 0.2) is 6.07 Å². The standard InChI is InChI=1S/C11H17N3O4S/c1-7-6-8(9(13-7)10(15)16)14-11(17)12-4-3-5-19(2)18/h6,13H,3-5H2,1-2H3,(H,15,16)(H2,12,14,17). The van der Waals surface area contributed by atoms with E-state index < -0.39 is 22.8 Å². The summed E-state index contributed by atoms with van der Waals surface area (Å²) in [5, 5.41) is 14.0. The van der Waals surface area contributed by atoms with Gasteiger partial charge in [0.15, 0.2) is 0 Å². The SMILES string of the molecule is Cc1cc(NC(=O)NCCCS(C)=O)c(C(=O)O)[nH]1. The zero-order chi connectivity index (χ0) is 14.4. The van der Waals surface area contributed by atoms with Crippen molar-refractivity contribution in [2.24, 2.45) is 0 Å². The molecule has 8 heteroatoms. The van der Waals surface area contributed by atoms with Crippen molar-refractivity contribution < 1.29 is 18.9 Å². The van der Waals surface area contributed by atoms with E-state index >= 15 is 0 Å². The molecular formula is C11H17N3O4S. The third-order valence-corrected chi connectivity index (χ3v) is 3.17. The molecule has 0 aliphatic carbocycles. The number of carboxylic acids is 1. The summed E-state index contributed by atoms with van der Waals surface area (Å²) in [5.41, 5.74) is 0.818. The topological polar surface area (TPSA) is 111 Å². The monoisotopic (exact) mass is 287 g/mol. The first-order chi connectivity index (χ1) is 8.90. The zero-order valence-electron chi connectivity index (χ0n) is 10.8. The van der Waals surface area contributed by atoms with Crippen LogP contribution in [0.3, 0.4) is 0 Å². The van der Waals surface area contributed by atoms with Crippen molar-refractivity contribution in [3.63, 3.8) is 0 Å². The highest BCUT2D eigenvalue weighted by Crippen LogP contribution is 2.16. The van der Waals surface area contributed by atoms with Gasteiger partial charge < -0.3 is 20.7 Å². The minimum absolute atomic E-state index is 0.0534. The fraction of sp³-hybridized carbons (Fsp3) is 0.455. The van der Waals surface area contributed by atoms with Crippen molar-refractivity contribution in [2.75, 3.05) is 23.9 Å². The van der Waals surface area contributed by atoms with Crippen LogP contribution in [0.1, 0.15) is 22.6 Å². The summed E-state index contributed by atoms with van der Waals surface area (Å²) in [6.07, 6.45) is 2.20. The molecular weight excluding hydrogens is 270 g/mol. The number of carboxylic acid groups (broad SMARTS) is 1. The lowest BCUT2D eigenvalue weighted by Gasteiger charge is -2.06. The van der Waals surface area contributed by atoms with Gasteiger partial charge in [0.1, 0.15) is 5.69 Å². The number of hydrogen-bond acceptors (Lipinski definition) is 3. The minimum atomic E-state index is -1.13. The van der Waals surface area contributed by atoms with E-state index in [1.807, 2.05) is 0 Å². The van der Waals surface area contributed by atoms with Crippen molar-refractivity contribution in [1.29, 1.82) is 0 Å². The Hall–Kier alpha value is -1.83. The average molecular weight is 287 g/mol. The molecule has 1 heterocycles. The van der Waals surface area contributed by atoms with E-state index in [4.69, 9.17) is 5.11 Å². The Kier molecular flexibility index (Phi) is 5.56. The highest BCUT2D eigenvalue weighted by atomic mass is 32.2. The van der Waals surface area contributed by atoms with Crippen LogP contribution >= 0.6 is 0 Å². The number of nitrogens with one attached hydrogen (secondary N) is 3. The van der Waals surface area contributed by atoms with E-state index in [1.54, 1.807) is 19.2 Å². The van der Waals surface area contributed by atoms with Gasteiger partial charge in [-0.2, -0.15) is 0 Å². The Morgan fingerprint density at radius 1 is 1.47 bits per heavy atom. The van der Waals surface area contributed by atoms with Crippen LogP contribution in [-0.4, -0.2) is 44.9 Å². The lowest BCUT2D eigenvalue weighted by molar-refractivity contribution is 0.0692. The largest absolute Gasteiger partial charge is 0.477 e. The minimum Gasteiger partial charge on any atom is -0.477 e. The predicted octanol–water partition coefficient (Wildman–Crippen LogP) is 0.911. The summed E-state index contributed by atoms with van der Waals surface area (Å²) in [4.78, 5) is 25.1. The fourth-order valence-electron chi connectivity index (χ4n) is 1.50. The molecule has 0 bridgehead atoms. The lowest BCUT2D eigenvalue weighted by Crippen LogP contribution is -2.30. The summed E-state index contributed by atoms with van der Waals surface area (Å²) >= 11 is 0. The molecule has 1 rings (SSSR count). The van der Waals surface area contributed by atoms with E-state index in [9.17, 15) is 13.8 Å². The molecule has 0 radical (unpaired) electrons. The number of aromatic amines is 1. The number of aryl methyl sites for hydroxylation is 1. The maximum atomic E-state index is 11.5. The first-order valence-corrected chi connectivity index (χ1v) is 7.40. The molecule has 7 nitrogen and oxygen atoms in total. The number of rotatable bonds is 6. The molecule has 1 unspecified atom stereocenters. The predicted molar refractivity (Wildman–Crippen MR) is 73.1 cm³/mol. The molecule has 0 aliphatic heterocycles. The summed E-state index contributed by atoms with van der Waals surface area (Å²) in [6.45, 7) is 2.09. The molecule has 19 heavy (non-hydrogen) atoms. The molecule has 4 N–H and O–H groups in total. The molecule has 0 aliphatic rings. The van der Waals surface area contributed by atoms with Gasteiger partial charge in [-0.3, -0.25) is 4.21 Å². The van der Waals surface area contributed by atoms with Gasteiger partial charge in [-0.25, -0.2) is 9.59 Å². The van der Waals surface area contributed by atoms with Gasteiger partial charge in [0, 0.05) is 35.0 Å². The number of urea groups is 1. The Balaban J connectivity index is 2.48. The third-order valence-electron chi connectivity index (χ3n) is 2.31. The van der Waals surface area contributed by atoms with Crippen LogP contribution in [0.2, 0.25) is 0 Å². The first kappa shape index (κ1) is 15.2. The Morgan fingerprint density at radius 3 is 2.74 bits per heavy atom. The van der Waals surface area contributed by atoms with Gasteiger partial charge in [-0.1, -0.05) is 0 Å². The highest BCUT2D eigenvalue weighted by molar-refractivity contribution is 7.84. The summed E-state index contributed by atoms with van der Waals surface area (Å²) in [5.74, 6) is -0.617. The van der Waals surface area contributed by atoms with Crippen molar-refractivity contribution in [2.45, 2.75) is 13.3 Å². The van der Waals surface area contributed by atoms with Gasteiger partial charge in [-0.15, -0.1) is 0 Å². The molecule has 1 aromatic heterocycles. The highest BCUT2D eigenvalue weighted by Gasteiger charge is 2.14. The number of aromatic carboxylic acids is 1. The molecule has 0 saturated carbocycles. The van der Waals surface area contributed by atoms with E-state index in [0.29, 0.717) is 24.4 Å². The van der Waals surface area contributed by atoms with Crippen molar-refractivity contribution in [3.8, 4) is 0 Å². The molecule has 1 aromatic rings. The zero-order valence-corrected chi connectivity index (χ0v) is 11.6. The Morgan fingerprint density at radius 2 is 2.16 bits per heavy atom. The van der Waals surface area contributed by atoms with Crippen LogP contribution in [0.25, 0.3) is 0 Å². The number of amides is 2. The second-order valence-electron chi connectivity index (χ2n) is 4.06. The summed E-state index contributed by atoms with van der Waals surface area (Å²) in [6, 6.07) is 1.06. The van der Waals surface area contributed by atoms with Gasteiger partial charge in [0.2, 0.25) is 0 Å². The quantitative estimate of drug-likeness (QED) is 0.583.